The quantitative estimate of drug-likeness (QED) is 0.752. The number of rotatable bonds is 2. The fraction of sp³-hybridized carbons (Fsp3) is 0.400. The highest BCUT2D eigenvalue weighted by Gasteiger charge is 2.33. The minimum Gasteiger partial charge on any atom is -0.379 e. The molecule has 1 rings (SSSR count). The van der Waals surface area contributed by atoms with Crippen molar-refractivity contribution < 1.29 is 13.9 Å². The molecule has 0 saturated carbocycles. The van der Waals surface area contributed by atoms with E-state index in [0.29, 0.717) is 0 Å². The maximum Gasteiger partial charge on any atom is 0.270 e. The molecule has 1 unspecified atom stereocenters. The molecule has 72 valence electrons. The van der Waals surface area contributed by atoms with Gasteiger partial charge in [-0.3, -0.25) is 0 Å². The molecule has 0 spiro atoms. The molecule has 0 saturated heterocycles. The summed E-state index contributed by atoms with van der Waals surface area (Å²) in [7, 11) is 0. The molecule has 0 amide bonds. The number of hydrogen-bond acceptors (Lipinski definition) is 1. The van der Waals surface area contributed by atoms with E-state index in [-0.39, 0.29) is 5.56 Å². The lowest BCUT2D eigenvalue weighted by atomic mass is 9.95. The van der Waals surface area contributed by atoms with E-state index in [9.17, 15) is 13.9 Å². The van der Waals surface area contributed by atoms with Gasteiger partial charge in [0, 0.05) is 0 Å². The van der Waals surface area contributed by atoms with E-state index in [2.05, 4.69) is 0 Å². The molecule has 0 aliphatic rings. The Bertz CT molecular complexity index is 295. The van der Waals surface area contributed by atoms with Crippen LogP contribution in [-0.4, -0.2) is 11.5 Å². The van der Waals surface area contributed by atoms with E-state index in [0.717, 1.165) is 12.5 Å². The third-order valence-electron chi connectivity index (χ3n) is 2.03. The summed E-state index contributed by atoms with van der Waals surface area (Å²) in [5.41, 5.74) is -0.938. The van der Waals surface area contributed by atoms with Crippen molar-refractivity contribution in [1.29, 1.82) is 0 Å². The zero-order chi connectivity index (χ0) is 10.1. The molecule has 1 atom stereocenters. The highest BCUT2D eigenvalue weighted by atomic mass is 19.3. The van der Waals surface area contributed by atoms with E-state index >= 15 is 0 Å². The summed E-state index contributed by atoms with van der Waals surface area (Å²) in [4.78, 5) is 0. The molecule has 1 nitrogen and oxygen atoms in total. The van der Waals surface area contributed by atoms with Gasteiger partial charge in [-0.15, -0.1) is 0 Å². The van der Waals surface area contributed by atoms with Crippen LogP contribution in [0.5, 0.6) is 0 Å². The molecule has 0 aromatic heterocycles. The Balaban J connectivity index is 3.07. The molecule has 0 bridgehead atoms. The number of benzene rings is 1. The van der Waals surface area contributed by atoms with Crippen molar-refractivity contribution in [2.24, 2.45) is 0 Å². The van der Waals surface area contributed by atoms with E-state index in [1.54, 1.807) is 25.1 Å². The first-order chi connectivity index (χ1) is 5.94. The highest BCUT2D eigenvalue weighted by Crippen LogP contribution is 2.27. The van der Waals surface area contributed by atoms with Crippen molar-refractivity contribution in [1.82, 2.24) is 0 Å². The molecule has 1 aromatic rings. The Morgan fingerprint density at radius 3 is 2.46 bits per heavy atom. The highest BCUT2D eigenvalue weighted by molar-refractivity contribution is 5.27. The van der Waals surface area contributed by atoms with E-state index in [4.69, 9.17) is 0 Å². The van der Waals surface area contributed by atoms with Crippen molar-refractivity contribution in [3.63, 3.8) is 0 Å². The second-order valence-electron chi connectivity index (χ2n) is 3.32. The van der Waals surface area contributed by atoms with E-state index < -0.39 is 12.0 Å². The largest absolute Gasteiger partial charge is 0.379 e. The summed E-state index contributed by atoms with van der Waals surface area (Å²) in [5.74, 6) is 0. The van der Waals surface area contributed by atoms with Gasteiger partial charge >= 0.3 is 0 Å². The SMILES string of the molecule is Cc1cccc(C(C)(O)C(F)F)c1. The third kappa shape index (κ3) is 2.04. The van der Waals surface area contributed by atoms with Crippen LogP contribution >= 0.6 is 0 Å². The summed E-state index contributed by atoms with van der Waals surface area (Å²) in [6, 6.07) is 6.51. The van der Waals surface area contributed by atoms with Gasteiger partial charge in [-0.25, -0.2) is 8.78 Å². The molecule has 0 radical (unpaired) electrons. The average Bonchev–Trinajstić information content (AvgIpc) is 2.04. The smallest absolute Gasteiger partial charge is 0.270 e. The Labute approximate surface area is 76.0 Å². The van der Waals surface area contributed by atoms with Crippen molar-refractivity contribution in [2.45, 2.75) is 25.9 Å². The Hall–Kier alpha value is -0.960. The summed E-state index contributed by atoms with van der Waals surface area (Å²) >= 11 is 0. The van der Waals surface area contributed by atoms with Gasteiger partial charge in [0.05, 0.1) is 0 Å². The zero-order valence-corrected chi connectivity index (χ0v) is 7.59. The first-order valence-corrected chi connectivity index (χ1v) is 4.02. The summed E-state index contributed by atoms with van der Waals surface area (Å²) < 4.78 is 24.8. The number of aliphatic hydroxyl groups is 1. The fourth-order valence-corrected chi connectivity index (χ4v) is 1.09. The fourth-order valence-electron chi connectivity index (χ4n) is 1.09. The maximum atomic E-state index is 12.4. The van der Waals surface area contributed by atoms with Crippen LogP contribution in [0.3, 0.4) is 0 Å². The number of alkyl halides is 2. The van der Waals surface area contributed by atoms with Gasteiger partial charge in [-0.1, -0.05) is 29.8 Å². The molecule has 3 heteroatoms. The van der Waals surface area contributed by atoms with E-state index in [1.807, 2.05) is 0 Å². The molecule has 1 aromatic carbocycles. The minimum atomic E-state index is -2.77. The predicted molar refractivity (Wildman–Crippen MR) is 46.8 cm³/mol. The molecule has 0 aliphatic carbocycles. The lowest BCUT2D eigenvalue weighted by molar-refractivity contribution is -0.0883. The molecular formula is C10H12F2O. The van der Waals surface area contributed by atoms with Gasteiger partial charge in [0.15, 0.2) is 0 Å². The standard InChI is InChI=1S/C10H12F2O/c1-7-4-3-5-8(6-7)10(2,13)9(11)12/h3-6,9,13H,1-2H3. The molecule has 0 heterocycles. The van der Waals surface area contributed by atoms with Crippen LogP contribution in [-0.2, 0) is 5.60 Å². The monoisotopic (exact) mass is 186 g/mol. The molecule has 13 heavy (non-hydrogen) atoms. The van der Waals surface area contributed by atoms with Gasteiger partial charge in [0.2, 0.25) is 0 Å². The lowest BCUT2D eigenvalue weighted by Crippen LogP contribution is -2.30. The average molecular weight is 186 g/mol. The van der Waals surface area contributed by atoms with Crippen LogP contribution in [0.1, 0.15) is 18.1 Å². The summed E-state index contributed by atoms with van der Waals surface area (Å²) in [6.07, 6.45) is -2.77. The topological polar surface area (TPSA) is 20.2 Å². The van der Waals surface area contributed by atoms with Crippen LogP contribution in [0.4, 0.5) is 8.78 Å². The van der Waals surface area contributed by atoms with Crippen LogP contribution in [0.2, 0.25) is 0 Å². The van der Waals surface area contributed by atoms with E-state index in [1.165, 1.54) is 6.07 Å². The van der Waals surface area contributed by atoms with Gasteiger partial charge in [-0.2, -0.15) is 0 Å². The second-order valence-corrected chi connectivity index (χ2v) is 3.32. The van der Waals surface area contributed by atoms with Gasteiger partial charge in [0.25, 0.3) is 6.43 Å². The number of hydrogen-bond donors (Lipinski definition) is 1. The van der Waals surface area contributed by atoms with Crippen LogP contribution in [0, 0.1) is 6.92 Å². The Morgan fingerprint density at radius 2 is 2.00 bits per heavy atom. The normalized spacial score (nSPS) is 15.8. The van der Waals surface area contributed by atoms with Gasteiger partial charge in [-0.05, 0) is 19.4 Å². The maximum absolute atomic E-state index is 12.4. The predicted octanol–water partition coefficient (Wildman–Crippen LogP) is 2.47. The first kappa shape index (κ1) is 10.1. The van der Waals surface area contributed by atoms with Crippen molar-refractivity contribution in [2.75, 3.05) is 0 Å². The van der Waals surface area contributed by atoms with Gasteiger partial charge < -0.3 is 5.11 Å². The molecule has 1 N–H and O–H groups in total. The molecule has 0 fully saturated rings. The third-order valence-corrected chi connectivity index (χ3v) is 2.03. The summed E-state index contributed by atoms with van der Waals surface area (Å²) in [5, 5.41) is 9.44. The Kier molecular flexibility index (Phi) is 2.66. The lowest BCUT2D eigenvalue weighted by Gasteiger charge is -2.22. The van der Waals surface area contributed by atoms with Crippen LogP contribution in [0.25, 0.3) is 0 Å². The number of aryl methyl sites for hydroxylation is 1. The Morgan fingerprint density at radius 1 is 1.38 bits per heavy atom. The number of halogens is 2. The minimum absolute atomic E-state index is 0.252. The molecule has 0 aliphatic heterocycles. The van der Waals surface area contributed by atoms with Crippen molar-refractivity contribution >= 4 is 0 Å². The summed E-state index contributed by atoms with van der Waals surface area (Å²) in [6.45, 7) is 2.91. The second kappa shape index (κ2) is 3.42. The van der Waals surface area contributed by atoms with Crippen LogP contribution in [0.15, 0.2) is 24.3 Å². The van der Waals surface area contributed by atoms with Crippen molar-refractivity contribution in [3.8, 4) is 0 Å². The van der Waals surface area contributed by atoms with Crippen LogP contribution < -0.4 is 0 Å². The van der Waals surface area contributed by atoms with Crippen molar-refractivity contribution in [3.05, 3.63) is 35.4 Å². The van der Waals surface area contributed by atoms with Gasteiger partial charge in [0.1, 0.15) is 5.60 Å². The molecular weight excluding hydrogens is 174 g/mol. The zero-order valence-electron chi connectivity index (χ0n) is 7.59. The first-order valence-electron chi connectivity index (χ1n) is 4.02.